The van der Waals surface area contributed by atoms with Crippen molar-refractivity contribution in [3.05, 3.63) is 70.6 Å². The van der Waals surface area contributed by atoms with E-state index >= 15 is 0 Å². The van der Waals surface area contributed by atoms with Gasteiger partial charge in [-0.3, -0.25) is 0 Å². The Labute approximate surface area is 116 Å². The third-order valence-corrected chi connectivity index (χ3v) is 3.20. The molecule has 0 aromatic heterocycles. The number of hydrogen-bond donors (Lipinski definition) is 0. The van der Waals surface area contributed by atoms with Crippen molar-refractivity contribution >= 4 is 21.5 Å². The van der Waals surface area contributed by atoms with E-state index in [1.165, 1.54) is 16.2 Å². The van der Waals surface area contributed by atoms with Crippen molar-refractivity contribution in [1.82, 2.24) is 0 Å². The molecule has 0 radical (unpaired) electrons. The fraction of sp³-hybridized carbons (Fsp3) is 0.0588. The number of azide groups is 1. The first-order valence-corrected chi connectivity index (χ1v) is 6.30. The second-order valence-corrected chi connectivity index (χ2v) is 4.38. The van der Waals surface area contributed by atoms with E-state index in [9.17, 15) is 0 Å². The van der Waals surface area contributed by atoms with Crippen molar-refractivity contribution in [2.75, 3.05) is 6.54 Å². The molecule has 0 spiro atoms. The molecule has 0 amide bonds. The molecule has 0 saturated heterocycles. The van der Waals surface area contributed by atoms with Crippen LogP contribution in [0.1, 0.15) is 5.56 Å². The molecule has 0 fully saturated rings. The van der Waals surface area contributed by atoms with Crippen LogP contribution in [0.3, 0.4) is 0 Å². The number of fused-ring (bicyclic) bond motifs is 3. The van der Waals surface area contributed by atoms with E-state index in [-0.39, 0.29) is 6.54 Å². The Morgan fingerprint density at radius 2 is 1.65 bits per heavy atom. The zero-order valence-corrected chi connectivity index (χ0v) is 10.7. The van der Waals surface area contributed by atoms with E-state index in [0.717, 1.165) is 10.9 Å². The smallest absolute Gasteiger partial charge is 0.0880 e. The summed E-state index contributed by atoms with van der Waals surface area (Å²) in [5, 5.41) is 8.15. The van der Waals surface area contributed by atoms with Gasteiger partial charge in [0.15, 0.2) is 0 Å². The summed E-state index contributed by atoms with van der Waals surface area (Å²) in [5.41, 5.74) is 9.23. The number of hydrogen-bond acceptors (Lipinski definition) is 1. The highest BCUT2D eigenvalue weighted by Crippen LogP contribution is 2.28. The monoisotopic (exact) mass is 257 g/mol. The second-order valence-electron chi connectivity index (χ2n) is 4.38. The minimum absolute atomic E-state index is 0.192. The van der Waals surface area contributed by atoms with Crippen LogP contribution in [0, 0.1) is 11.8 Å². The van der Waals surface area contributed by atoms with Gasteiger partial charge in [-0.1, -0.05) is 65.5 Å². The fourth-order valence-electron chi connectivity index (χ4n) is 2.36. The summed E-state index contributed by atoms with van der Waals surface area (Å²) in [6.45, 7) is 0.192. The summed E-state index contributed by atoms with van der Waals surface area (Å²) in [5.74, 6) is 5.99. The third-order valence-electron chi connectivity index (χ3n) is 3.20. The summed E-state index contributed by atoms with van der Waals surface area (Å²) >= 11 is 0. The van der Waals surface area contributed by atoms with Crippen LogP contribution in [0.5, 0.6) is 0 Å². The molecule has 0 N–H and O–H groups in total. The normalized spacial score (nSPS) is 9.80. The number of rotatable bonds is 1. The van der Waals surface area contributed by atoms with Crippen LogP contribution in [-0.2, 0) is 0 Å². The van der Waals surface area contributed by atoms with Crippen molar-refractivity contribution < 1.29 is 0 Å². The molecule has 3 nitrogen and oxygen atoms in total. The van der Waals surface area contributed by atoms with E-state index in [4.69, 9.17) is 5.53 Å². The molecule has 0 unspecified atom stereocenters. The van der Waals surface area contributed by atoms with Gasteiger partial charge in [0.05, 0.1) is 6.54 Å². The van der Waals surface area contributed by atoms with Gasteiger partial charge in [0.1, 0.15) is 0 Å². The SMILES string of the molecule is [N-]=[N+]=NCC#Cc1cc2ccccc2c2ccccc12. The van der Waals surface area contributed by atoms with Crippen molar-refractivity contribution in [1.29, 1.82) is 0 Å². The lowest BCUT2D eigenvalue weighted by atomic mass is 9.97. The fourth-order valence-corrected chi connectivity index (χ4v) is 2.36. The van der Waals surface area contributed by atoms with Gasteiger partial charge in [-0.25, -0.2) is 0 Å². The zero-order chi connectivity index (χ0) is 13.8. The molecule has 0 aliphatic rings. The van der Waals surface area contributed by atoms with Crippen LogP contribution in [-0.4, -0.2) is 6.54 Å². The number of benzene rings is 3. The van der Waals surface area contributed by atoms with Crippen molar-refractivity contribution in [3.63, 3.8) is 0 Å². The van der Waals surface area contributed by atoms with Crippen molar-refractivity contribution in [3.8, 4) is 11.8 Å². The first kappa shape index (κ1) is 12.1. The Bertz CT molecular complexity index is 894. The van der Waals surface area contributed by atoms with Crippen molar-refractivity contribution in [2.45, 2.75) is 0 Å². The molecule has 94 valence electrons. The lowest BCUT2D eigenvalue weighted by Gasteiger charge is -2.06. The number of nitrogens with zero attached hydrogens (tertiary/aromatic N) is 3. The van der Waals surface area contributed by atoms with E-state index in [1.54, 1.807) is 0 Å². The molecule has 0 aliphatic carbocycles. The van der Waals surface area contributed by atoms with Crippen LogP contribution in [0.15, 0.2) is 59.7 Å². The summed E-state index contributed by atoms with van der Waals surface area (Å²) < 4.78 is 0. The lowest BCUT2D eigenvalue weighted by molar-refractivity contribution is 1.25. The summed E-state index contributed by atoms with van der Waals surface area (Å²) in [6, 6.07) is 18.6. The highest BCUT2D eigenvalue weighted by molar-refractivity contribution is 6.09. The second kappa shape index (κ2) is 5.36. The average Bonchev–Trinajstić information content (AvgIpc) is 2.51. The molecule has 3 aromatic rings. The highest BCUT2D eigenvalue weighted by Gasteiger charge is 2.03. The Balaban J connectivity index is 2.28. The van der Waals surface area contributed by atoms with Gasteiger partial charge in [0, 0.05) is 10.5 Å². The molecule has 0 atom stereocenters. The quantitative estimate of drug-likeness (QED) is 0.200. The Morgan fingerprint density at radius 1 is 0.950 bits per heavy atom. The highest BCUT2D eigenvalue weighted by atomic mass is 15.1. The maximum absolute atomic E-state index is 8.27. The zero-order valence-electron chi connectivity index (χ0n) is 10.7. The first-order chi connectivity index (χ1) is 9.90. The Hall–Kier alpha value is -2.95. The van der Waals surface area contributed by atoms with Crippen LogP contribution in [0.25, 0.3) is 32.0 Å². The average molecular weight is 257 g/mol. The predicted molar refractivity (Wildman–Crippen MR) is 82.3 cm³/mol. The van der Waals surface area contributed by atoms with Gasteiger partial charge in [0.25, 0.3) is 0 Å². The van der Waals surface area contributed by atoms with Crippen LogP contribution < -0.4 is 0 Å². The van der Waals surface area contributed by atoms with Gasteiger partial charge < -0.3 is 0 Å². The lowest BCUT2D eigenvalue weighted by Crippen LogP contribution is -1.83. The standard InChI is InChI=1S/C17H11N3/c18-20-19-11-5-7-14-12-13-6-1-2-8-15(13)17-10-4-3-9-16(14)17/h1-4,6,8-10,12H,11H2. The largest absolute Gasteiger partial charge is 0.0919 e. The van der Waals surface area contributed by atoms with E-state index in [0.29, 0.717) is 0 Å². The van der Waals surface area contributed by atoms with Gasteiger partial charge in [-0.05, 0) is 33.1 Å². The molecule has 20 heavy (non-hydrogen) atoms. The van der Waals surface area contributed by atoms with Gasteiger partial charge in [0.2, 0.25) is 0 Å². The van der Waals surface area contributed by atoms with Gasteiger partial charge >= 0.3 is 0 Å². The topological polar surface area (TPSA) is 48.8 Å². The summed E-state index contributed by atoms with van der Waals surface area (Å²) in [6.07, 6.45) is 0. The Morgan fingerprint density at radius 3 is 2.45 bits per heavy atom. The summed E-state index contributed by atoms with van der Waals surface area (Å²) in [4.78, 5) is 2.70. The molecule has 0 bridgehead atoms. The minimum Gasteiger partial charge on any atom is -0.0919 e. The molecule has 0 heterocycles. The predicted octanol–water partition coefficient (Wildman–Crippen LogP) is 4.65. The molecular formula is C17H11N3. The maximum Gasteiger partial charge on any atom is 0.0880 e. The first-order valence-electron chi connectivity index (χ1n) is 6.30. The maximum atomic E-state index is 8.27. The van der Waals surface area contributed by atoms with Gasteiger partial charge in [-0.15, -0.1) is 0 Å². The van der Waals surface area contributed by atoms with E-state index in [2.05, 4.69) is 52.2 Å². The van der Waals surface area contributed by atoms with E-state index < -0.39 is 0 Å². The van der Waals surface area contributed by atoms with Gasteiger partial charge in [-0.2, -0.15) is 0 Å². The van der Waals surface area contributed by atoms with Crippen molar-refractivity contribution in [2.24, 2.45) is 5.11 Å². The van der Waals surface area contributed by atoms with Crippen LogP contribution in [0.4, 0.5) is 0 Å². The Kier molecular flexibility index (Phi) is 3.24. The molecule has 0 saturated carbocycles. The van der Waals surface area contributed by atoms with E-state index in [1.807, 2.05) is 24.3 Å². The molecule has 0 aliphatic heterocycles. The minimum atomic E-state index is 0.192. The third kappa shape index (κ3) is 2.16. The molecule has 3 rings (SSSR count). The molecule has 3 heteroatoms. The van der Waals surface area contributed by atoms with Crippen LogP contribution in [0.2, 0.25) is 0 Å². The van der Waals surface area contributed by atoms with Crippen LogP contribution >= 0.6 is 0 Å². The molecule has 3 aromatic carbocycles. The molecular weight excluding hydrogens is 246 g/mol. The summed E-state index contributed by atoms with van der Waals surface area (Å²) in [7, 11) is 0.